The maximum atomic E-state index is 2.50. The van der Waals surface area contributed by atoms with Crippen molar-refractivity contribution in [1.82, 2.24) is 0 Å². The van der Waals surface area contributed by atoms with Crippen LogP contribution in [0.25, 0.3) is 33.4 Å². The Kier molecular flexibility index (Phi) is 5.01. The van der Waals surface area contributed by atoms with E-state index in [2.05, 4.69) is 132 Å². The van der Waals surface area contributed by atoms with Crippen LogP contribution in [0.2, 0.25) is 0 Å². The van der Waals surface area contributed by atoms with E-state index in [4.69, 9.17) is 0 Å². The predicted molar refractivity (Wildman–Crippen MR) is 139 cm³/mol. The number of fused-ring (bicyclic) bond motifs is 1. The third-order valence-corrected chi connectivity index (χ3v) is 6.60. The zero-order valence-electron chi connectivity index (χ0n) is 18.5. The highest BCUT2D eigenvalue weighted by Crippen LogP contribution is 2.45. The van der Waals surface area contributed by atoms with Gasteiger partial charge in [-0.05, 0) is 62.7 Å². The molecule has 1 heterocycles. The molecule has 0 unspecified atom stereocenters. The summed E-state index contributed by atoms with van der Waals surface area (Å²) in [4.78, 5) is 2.50. The van der Waals surface area contributed by atoms with Gasteiger partial charge in [0.05, 0.1) is 0 Å². The summed E-state index contributed by atoms with van der Waals surface area (Å²) in [6, 6.07) is 45.7. The first kappa shape index (κ1) is 19.6. The number of hydrogen-bond acceptors (Lipinski definition) is 1. The minimum atomic E-state index is 0.907. The summed E-state index contributed by atoms with van der Waals surface area (Å²) in [5, 5.41) is 0. The van der Waals surface area contributed by atoms with Crippen LogP contribution in [-0.2, 0) is 13.1 Å². The van der Waals surface area contributed by atoms with Crippen LogP contribution in [0.1, 0.15) is 11.1 Å². The lowest BCUT2D eigenvalue weighted by Crippen LogP contribution is -2.14. The van der Waals surface area contributed by atoms with Gasteiger partial charge in [0.15, 0.2) is 0 Å². The third-order valence-electron chi connectivity index (χ3n) is 6.60. The van der Waals surface area contributed by atoms with Crippen molar-refractivity contribution < 1.29 is 0 Å². The molecule has 1 nitrogen and oxygen atoms in total. The van der Waals surface area contributed by atoms with Crippen LogP contribution in [0.4, 0.5) is 5.69 Å². The van der Waals surface area contributed by atoms with Crippen molar-refractivity contribution in [2.45, 2.75) is 13.1 Å². The fourth-order valence-electron chi connectivity index (χ4n) is 5.05. The molecule has 1 aliphatic heterocycles. The molecule has 0 amide bonds. The Morgan fingerprint density at radius 3 is 1.45 bits per heavy atom. The molecule has 5 aromatic carbocycles. The minimum Gasteiger partial charge on any atom is -0.363 e. The standard InChI is InChI=1S/C32H25N/c1-5-13-24(14-6-1)28-21-29(25-15-7-2-8-16-25)32(26-17-9-3-10-18-26)31-23-33(22-30(28)31)27-19-11-4-12-20-27/h1-21H,22-23H2. The highest BCUT2D eigenvalue weighted by atomic mass is 15.1. The number of nitrogens with zero attached hydrogens (tertiary/aromatic N) is 1. The fraction of sp³-hybridized carbons (Fsp3) is 0.0625. The van der Waals surface area contributed by atoms with Crippen LogP contribution in [0.5, 0.6) is 0 Å². The van der Waals surface area contributed by atoms with E-state index in [1.807, 2.05) is 0 Å². The van der Waals surface area contributed by atoms with Gasteiger partial charge in [0.1, 0.15) is 0 Å². The number of para-hydroxylation sites is 1. The Labute approximate surface area is 195 Å². The molecule has 0 N–H and O–H groups in total. The van der Waals surface area contributed by atoms with Gasteiger partial charge >= 0.3 is 0 Å². The van der Waals surface area contributed by atoms with E-state index in [-0.39, 0.29) is 0 Å². The summed E-state index contributed by atoms with van der Waals surface area (Å²) >= 11 is 0. The Balaban J connectivity index is 1.64. The zero-order valence-corrected chi connectivity index (χ0v) is 18.5. The zero-order chi connectivity index (χ0) is 22.0. The third kappa shape index (κ3) is 3.62. The van der Waals surface area contributed by atoms with Gasteiger partial charge in [-0.3, -0.25) is 0 Å². The van der Waals surface area contributed by atoms with Crippen LogP contribution in [-0.4, -0.2) is 0 Å². The van der Waals surface area contributed by atoms with Gasteiger partial charge in [-0.25, -0.2) is 0 Å². The van der Waals surface area contributed by atoms with Gasteiger partial charge in [0.2, 0.25) is 0 Å². The summed E-state index contributed by atoms with van der Waals surface area (Å²) in [6.45, 7) is 1.82. The fourth-order valence-corrected chi connectivity index (χ4v) is 5.05. The number of rotatable bonds is 4. The molecule has 0 saturated heterocycles. The van der Waals surface area contributed by atoms with E-state index in [1.165, 1.54) is 50.2 Å². The molecule has 0 saturated carbocycles. The van der Waals surface area contributed by atoms with Gasteiger partial charge in [0, 0.05) is 18.8 Å². The molecule has 0 aliphatic carbocycles. The molecule has 1 heteroatoms. The van der Waals surface area contributed by atoms with Crippen molar-refractivity contribution in [2.75, 3.05) is 4.90 Å². The Hall–Kier alpha value is -4.10. The molecular weight excluding hydrogens is 398 g/mol. The molecule has 0 atom stereocenters. The van der Waals surface area contributed by atoms with Gasteiger partial charge in [-0.2, -0.15) is 0 Å². The Bertz CT molecular complexity index is 1370. The first-order chi connectivity index (χ1) is 16.4. The monoisotopic (exact) mass is 423 g/mol. The van der Waals surface area contributed by atoms with E-state index in [0.29, 0.717) is 0 Å². The highest BCUT2D eigenvalue weighted by molar-refractivity contribution is 5.92. The lowest BCUT2D eigenvalue weighted by Gasteiger charge is -2.19. The van der Waals surface area contributed by atoms with E-state index in [9.17, 15) is 0 Å². The second-order valence-corrected chi connectivity index (χ2v) is 8.59. The van der Waals surface area contributed by atoms with Gasteiger partial charge < -0.3 is 4.90 Å². The summed E-state index contributed by atoms with van der Waals surface area (Å²) in [6.07, 6.45) is 0. The molecule has 6 rings (SSSR count). The average Bonchev–Trinajstić information content (AvgIpc) is 3.35. The number of anilines is 1. The molecule has 0 spiro atoms. The maximum Gasteiger partial charge on any atom is 0.0443 e. The molecule has 0 fully saturated rings. The van der Waals surface area contributed by atoms with Crippen LogP contribution >= 0.6 is 0 Å². The van der Waals surface area contributed by atoms with Gasteiger partial charge in [0.25, 0.3) is 0 Å². The Morgan fingerprint density at radius 1 is 0.424 bits per heavy atom. The first-order valence-corrected chi connectivity index (χ1v) is 11.5. The first-order valence-electron chi connectivity index (χ1n) is 11.5. The van der Waals surface area contributed by atoms with Gasteiger partial charge in [-0.1, -0.05) is 109 Å². The van der Waals surface area contributed by atoms with Crippen molar-refractivity contribution in [2.24, 2.45) is 0 Å². The molecule has 158 valence electrons. The van der Waals surface area contributed by atoms with Crippen molar-refractivity contribution in [3.8, 4) is 33.4 Å². The van der Waals surface area contributed by atoms with Crippen LogP contribution in [0.3, 0.4) is 0 Å². The lowest BCUT2D eigenvalue weighted by atomic mass is 9.84. The SMILES string of the molecule is c1ccc(-c2cc(-c3ccccc3)c(-c3ccccc3)c3c2CN(c2ccccc2)C3)cc1. The van der Waals surface area contributed by atoms with Crippen LogP contribution < -0.4 is 4.90 Å². The van der Waals surface area contributed by atoms with E-state index in [1.54, 1.807) is 0 Å². The molecule has 33 heavy (non-hydrogen) atoms. The second-order valence-electron chi connectivity index (χ2n) is 8.59. The van der Waals surface area contributed by atoms with E-state index in [0.717, 1.165) is 13.1 Å². The average molecular weight is 424 g/mol. The van der Waals surface area contributed by atoms with Crippen LogP contribution in [0.15, 0.2) is 127 Å². The Morgan fingerprint density at radius 2 is 0.879 bits per heavy atom. The van der Waals surface area contributed by atoms with E-state index >= 15 is 0 Å². The highest BCUT2D eigenvalue weighted by Gasteiger charge is 2.28. The van der Waals surface area contributed by atoms with Crippen molar-refractivity contribution in [1.29, 1.82) is 0 Å². The van der Waals surface area contributed by atoms with Crippen molar-refractivity contribution in [3.63, 3.8) is 0 Å². The molecule has 0 bridgehead atoms. The number of hydrogen-bond donors (Lipinski definition) is 0. The van der Waals surface area contributed by atoms with Crippen molar-refractivity contribution >= 4 is 5.69 Å². The summed E-state index contributed by atoms with van der Waals surface area (Å²) in [5.74, 6) is 0. The second kappa shape index (κ2) is 8.44. The molecule has 0 aromatic heterocycles. The smallest absolute Gasteiger partial charge is 0.0443 e. The predicted octanol–water partition coefficient (Wildman–Crippen LogP) is 8.21. The lowest BCUT2D eigenvalue weighted by molar-refractivity contribution is 0.881. The summed E-state index contributed by atoms with van der Waals surface area (Å²) in [5.41, 5.74) is 11.9. The summed E-state index contributed by atoms with van der Waals surface area (Å²) < 4.78 is 0. The normalized spacial score (nSPS) is 12.5. The molecule has 5 aromatic rings. The minimum absolute atomic E-state index is 0.907. The topological polar surface area (TPSA) is 3.24 Å². The quantitative estimate of drug-likeness (QED) is 0.281. The summed E-state index contributed by atoms with van der Waals surface area (Å²) in [7, 11) is 0. The van der Waals surface area contributed by atoms with Gasteiger partial charge in [-0.15, -0.1) is 0 Å². The molecule has 0 radical (unpaired) electrons. The largest absolute Gasteiger partial charge is 0.363 e. The van der Waals surface area contributed by atoms with Crippen LogP contribution in [0, 0.1) is 0 Å². The van der Waals surface area contributed by atoms with E-state index < -0.39 is 0 Å². The number of benzene rings is 5. The molecular formula is C32H25N. The molecule has 1 aliphatic rings. The maximum absolute atomic E-state index is 2.50. The van der Waals surface area contributed by atoms with Crippen molar-refractivity contribution in [3.05, 3.63) is 139 Å².